The number of likely N-dealkylation sites (N-methyl/N-ethyl adjacent to an activating group) is 2. The molecule has 3 N–H and O–H groups in total. The van der Waals surface area contributed by atoms with Crippen LogP contribution in [-0.4, -0.2) is 63.2 Å². The summed E-state index contributed by atoms with van der Waals surface area (Å²) in [5.74, 6) is -0.480. The van der Waals surface area contributed by atoms with Crippen molar-refractivity contribution >= 4 is 28.4 Å². The molecule has 0 bridgehead atoms. The van der Waals surface area contributed by atoms with Crippen LogP contribution in [0.15, 0.2) is 24.3 Å². The van der Waals surface area contributed by atoms with Gasteiger partial charge < -0.3 is 19.9 Å². The Kier molecular flexibility index (Phi) is 6.06. The van der Waals surface area contributed by atoms with Crippen molar-refractivity contribution in [3.63, 3.8) is 0 Å². The van der Waals surface area contributed by atoms with Crippen LogP contribution in [0.25, 0.3) is 22.3 Å². The molecule has 0 saturated heterocycles. The second-order valence-corrected chi connectivity index (χ2v) is 11.0. The van der Waals surface area contributed by atoms with Crippen LogP contribution in [0.5, 0.6) is 0 Å². The van der Waals surface area contributed by atoms with Gasteiger partial charge in [0.25, 0.3) is 0 Å². The predicted molar refractivity (Wildman–Crippen MR) is 134 cm³/mol. The van der Waals surface area contributed by atoms with Crippen molar-refractivity contribution in [3.8, 4) is 11.4 Å². The maximum Gasteiger partial charge on any atom is 0.246 e. The number of nitrogens with one attached hydrogen (secondary N) is 2. The molecule has 8 heteroatoms. The first kappa shape index (κ1) is 24.0. The number of hydrogen-bond acceptors (Lipinski definition) is 4. The summed E-state index contributed by atoms with van der Waals surface area (Å²) in [5, 5.41) is 18.8. The van der Waals surface area contributed by atoms with Crippen molar-refractivity contribution in [2.75, 3.05) is 25.5 Å². The Morgan fingerprint density at radius 2 is 1.91 bits per heavy atom. The van der Waals surface area contributed by atoms with Crippen LogP contribution in [0.1, 0.15) is 51.8 Å². The van der Waals surface area contributed by atoms with Crippen LogP contribution in [-0.2, 0) is 22.4 Å². The summed E-state index contributed by atoms with van der Waals surface area (Å²) in [6.45, 7) is 7.67. The van der Waals surface area contributed by atoms with E-state index in [1.807, 2.05) is 18.2 Å². The Labute approximate surface area is 200 Å². The highest BCUT2D eigenvalue weighted by molar-refractivity contribution is 5.98. The Bertz CT molecular complexity index is 1230. The Morgan fingerprint density at radius 3 is 2.62 bits per heavy atom. The minimum absolute atomic E-state index is 0.0356. The molecule has 4 rings (SSSR count). The van der Waals surface area contributed by atoms with E-state index < -0.39 is 5.60 Å². The molecular formula is C26H35N5O3. The van der Waals surface area contributed by atoms with E-state index >= 15 is 0 Å². The lowest BCUT2D eigenvalue weighted by Gasteiger charge is -2.28. The van der Waals surface area contributed by atoms with Gasteiger partial charge in [-0.25, -0.2) is 0 Å². The van der Waals surface area contributed by atoms with Crippen molar-refractivity contribution in [2.45, 2.75) is 59.0 Å². The second-order valence-electron chi connectivity index (χ2n) is 11.0. The summed E-state index contributed by atoms with van der Waals surface area (Å²) >= 11 is 0. The Balaban J connectivity index is 1.51. The predicted octanol–water partition coefficient (Wildman–Crippen LogP) is 3.66. The van der Waals surface area contributed by atoms with Crippen LogP contribution < -0.4 is 4.90 Å². The summed E-state index contributed by atoms with van der Waals surface area (Å²) in [6, 6.07) is 7.93. The summed E-state index contributed by atoms with van der Waals surface area (Å²) in [7, 11) is 3.28. The molecule has 0 fully saturated rings. The fourth-order valence-corrected chi connectivity index (χ4v) is 4.57. The smallest absolute Gasteiger partial charge is 0.246 e. The number of hydrogen-bond donors (Lipinski definition) is 3. The third kappa shape index (κ3) is 5.01. The first-order chi connectivity index (χ1) is 15.8. The van der Waals surface area contributed by atoms with Gasteiger partial charge >= 0.3 is 0 Å². The zero-order chi connectivity index (χ0) is 24.8. The lowest BCUT2D eigenvalue weighted by molar-refractivity contribution is -0.137. The molecule has 0 spiro atoms. The molecule has 0 atom stereocenters. The molecule has 0 saturated carbocycles. The van der Waals surface area contributed by atoms with E-state index in [0.717, 1.165) is 47.2 Å². The van der Waals surface area contributed by atoms with E-state index in [0.29, 0.717) is 0 Å². The van der Waals surface area contributed by atoms with Gasteiger partial charge in [-0.1, -0.05) is 19.9 Å². The normalized spacial score (nSPS) is 15.3. The number of rotatable bonds is 6. The zero-order valence-corrected chi connectivity index (χ0v) is 21.0. The van der Waals surface area contributed by atoms with E-state index in [2.05, 4.69) is 35.1 Å². The van der Waals surface area contributed by atoms with Gasteiger partial charge in [0.1, 0.15) is 5.69 Å². The van der Waals surface area contributed by atoms with Gasteiger partial charge in [0, 0.05) is 41.9 Å². The van der Waals surface area contributed by atoms with Crippen molar-refractivity contribution in [2.24, 2.45) is 5.41 Å². The van der Waals surface area contributed by atoms with Crippen molar-refractivity contribution in [1.29, 1.82) is 0 Å². The molecule has 182 valence electrons. The van der Waals surface area contributed by atoms with Crippen LogP contribution in [0.3, 0.4) is 0 Å². The quantitative estimate of drug-likeness (QED) is 0.517. The van der Waals surface area contributed by atoms with Gasteiger partial charge in [-0.3, -0.25) is 14.7 Å². The molecule has 8 nitrogen and oxygen atoms in total. The number of aromatic amines is 2. The van der Waals surface area contributed by atoms with Crippen molar-refractivity contribution in [3.05, 3.63) is 35.5 Å². The van der Waals surface area contributed by atoms with E-state index in [9.17, 15) is 14.7 Å². The van der Waals surface area contributed by atoms with Gasteiger partial charge in [0.05, 0.1) is 24.3 Å². The third-order valence-corrected chi connectivity index (χ3v) is 6.66. The highest BCUT2D eigenvalue weighted by Crippen LogP contribution is 2.38. The molecule has 1 aliphatic rings. The first-order valence-electron chi connectivity index (χ1n) is 11.8. The first-order valence-corrected chi connectivity index (χ1v) is 11.8. The summed E-state index contributed by atoms with van der Waals surface area (Å²) in [6.07, 6.45) is 3.10. The second kappa shape index (κ2) is 8.58. The maximum absolute atomic E-state index is 12.8. The maximum atomic E-state index is 12.8. The number of fused-ring (bicyclic) bond motifs is 2. The number of carbonyl (C=O) groups excluding carboxylic acids is 2. The monoisotopic (exact) mass is 465 g/mol. The number of anilines is 1. The molecule has 2 aromatic heterocycles. The minimum atomic E-state index is -1.11. The summed E-state index contributed by atoms with van der Waals surface area (Å²) in [5.41, 5.74) is 5.29. The lowest BCUT2D eigenvalue weighted by Crippen LogP contribution is -2.41. The number of carbonyl (C=O) groups is 2. The van der Waals surface area contributed by atoms with Gasteiger partial charge in [-0.2, -0.15) is 5.10 Å². The number of aliphatic hydroxyl groups is 1. The average molecular weight is 466 g/mol. The topological polar surface area (TPSA) is 105 Å². The molecular weight excluding hydrogens is 430 g/mol. The molecule has 1 aliphatic carbocycles. The lowest BCUT2D eigenvalue weighted by atomic mass is 9.76. The SMILES string of the molecule is CN(CC(=O)N(C)c1ccc2cc(-c3n[nH]c4c3CCC(C)(C)C4)[nH]c2c1)C(=O)CC(C)(C)O. The highest BCUT2D eigenvalue weighted by atomic mass is 16.3. The molecule has 34 heavy (non-hydrogen) atoms. The molecule has 0 radical (unpaired) electrons. The van der Waals surface area contributed by atoms with E-state index in [-0.39, 0.29) is 30.2 Å². The molecule has 2 amide bonds. The summed E-state index contributed by atoms with van der Waals surface area (Å²) < 4.78 is 0. The van der Waals surface area contributed by atoms with E-state index in [1.165, 1.54) is 16.2 Å². The number of nitrogens with zero attached hydrogens (tertiary/aromatic N) is 3. The highest BCUT2D eigenvalue weighted by Gasteiger charge is 2.29. The number of benzene rings is 1. The van der Waals surface area contributed by atoms with E-state index in [4.69, 9.17) is 0 Å². The largest absolute Gasteiger partial charge is 0.390 e. The number of H-pyrrole nitrogens is 2. The minimum Gasteiger partial charge on any atom is -0.390 e. The standard InChI is InChI=1S/C26H35N5O3/c1-25(2)10-9-18-21(13-25)28-29-24(18)20-11-16-7-8-17(12-19(16)27-20)31(6)23(33)15-30(5)22(32)14-26(3,4)34/h7-8,11-12,27,34H,9-10,13-15H2,1-6H3,(H,28,29). The number of aromatic nitrogens is 3. The fourth-order valence-electron chi connectivity index (χ4n) is 4.57. The third-order valence-electron chi connectivity index (χ3n) is 6.66. The zero-order valence-electron chi connectivity index (χ0n) is 21.0. The molecule has 3 aromatic rings. The molecule has 0 unspecified atom stereocenters. The van der Waals surface area contributed by atoms with Crippen LogP contribution in [0.4, 0.5) is 5.69 Å². The van der Waals surface area contributed by atoms with Crippen LogP contribution in [0.2, 0.25) is 0 Å². The molecule has 2 heterocycles. The van der Waals surface area contributed by atoms with Gasteiger partial charge in [0.2, 0.25) is 11.8 Å². The van der Waals surface area contributed by atoms with Crippen molar-refractivity contribution < 1.29 is 14.7 Å². The van der Waals surface area contributed by atoms with Gasteiger partial charge in [-0.05, 0) is 56.7 Å². The van der Waals surface area contributed by atoms with Gasteiger partial charge in [0.15, 0.2) is 0 Å². The molecule has 1 aromatic carbocycles. The molecule has 0 aliphatic heterocycles. The Hall–Kier alpha value is -3.13. The van der Waals surface area contributed by atoms with Crippen LogP contribution >= 0.6 is 0 Å². The van der Waals surface area contributed by atoms with Crippen molar-refractivity contribution in [1.82, 2.24) is 20.1 Å². The Morgan fingerprint density at radius 1 is 1.18 bits per heavy atom. The summed E-state index contributed by atoms with van der Waals surface area (Å²) in [4.78, 5) is 31.4. The average Bonchev–Trinajstić information content (AvgIpc) is 3.33. The number of amides is 2. The van der Waals surface area contributed by atoms with E-state index in [1.54, 1.807) is 32.8 Å². The van der Waals surface area contributed by atoms with Gasteiger partial charge in [-0.15, -0.1) is 0 Å². The fraction of sp³-hybridized carbons (Fsp3) is 0.500. The van der Waals surface area contributed by atoms with Crippen LogP contribution in [0, 0.1) is 5.41 Å².